The highest BCUT2D eigenvalue weighted by atomic mass is 16.7. The standard InChI is InChI=1S/C14H18BNO2/c1-13(2)14(3,4)18-15(17-13)11-8-10-6-5-7-12(10)16-9-11/h5,7-9H,6H2,1-4H3. The molecule has 0 aromatic carbocycles. The number of hydrogen-bond acceptors (Lipinski definition) is 3. The van der Waals surface area contributed by atoms with E-state index in [0.29, 0.717) is 0 Å². The van der Waals surface area contributed by atoms with Gasteiger partial charge in [0, 0.05) is 11.7 Å². The van der Waals surface area contributed by atoms with Gasteiger partial charge in [0.05, 0.1) is 16.9 Å². The van der Waals surface area contributed by atoms with Crippen LogP contribution in [-0.2, 0) is 15.7 Å². The topological polar surface area (TPSA) is 31.4 Å². The second-order valence-electron chi connectivity index (χ2n) is 6.01. The Kier molecular flexibility index (Phi) is 2.44. The SMILES string of the molecule is CC1(C)OB(c2cnc3c(c2)CC=C3)OC1(C)C. The van der Waals surface area contributed by atoms with Gasteiger partial charge in [0.2, 0.25) is 0 Å². The molecular weight excluding hydrogens is 225 g/mol. The summed E-state index contributed by atoms with van der Waals surface area (Å²) in [5, 5.41) is 0. The Balaban J connectivity index is 1.90. The maximum atomic E-state index is 6.03. The van der Waals surface area contributed by atoms with E-state index in [1.54, 1.807) is 0 Å². The third-order valence-corrected chi connectivity index (χ3v) is 4.16. The molecule has 1 aliphatic carbocycles. The third-order valence-electron chi connectivity index (χ3n) is 4.16. The van der Waals surface area contributed by atoms with Gasteiger partial charge in [-0.3, -0.25) is 4.98 Å². The minimum absolute atomic E-state index is 0.297. The number of pyridine rings is 1. The maximum absolute atomic E-state index is 6.03. The fourth-order valence-electron chi connectivity index (χ4n) is 2.26. The van der Waals surface area contributed by atoms with Crippen molar-refractivity contribution in [3.8, 4) is 0 Å². The molecule has 1 aliphatic heterocycles. The molecule has 0 unspecified atom stereocenters. The largest absolute Gasteiger partial charge is 0.496 e. The van der Waals surface area contributed by atoms with Gasteiger partial charge in [-0.1, -0.05) is 12.1 Å². The van der Waals surface area contributed by atoms with Gasteiger partial charge in [-0.15, -0.1) is 0 Å². The van der Waals surface area contributed by atoms with Crippen LogP contribution in [0.3, 0.4) is 0 Å². The van der Waals surface area contributed by atoms with E-state index in [0.717, 1.165) is 17.6 Å². The number of rotatable bonds is 1. The lowest BCUT2D eigenvalue weighted by Gasteiger charge is -2.32. The van der Waals surface area contributed by atoms with Crippen molar-refractivity contribution in [2.45, 2.75) is 45.3 Å². The molecule has 1 aromatic rings. The van der Waals surface area contributed by atoms with Crippen LogP contribution < -0.4 is 5.46 Å². The van der Waals surface area contributed by atoms with Crippen molar-refractivity contribution in [1.82, 2.24) is 4.98 Å². The summed E-state index contributed by atoms with van der Waals surface area (Å²) < 4.78 is 12.1. The number of allylic oxidation sites excluding steroid dienone is 1. The van der Waals surface area contributed by atoms with Crippen molar-refractivity contribution in [1.29, 1.82) is 0 Å². The molecule has 2 aliphatic rings. The minimum atomic E-state index is -0.312. The molecule has 0 saturated carbocycles. The normalized spacial score (nSPS) is 23.4. The highest BCUT2D eigenvalue weighted by Crippen LogP contribution is 2.36. The van der Waals surface area contributed by atoms with Crippen LogP contribution in [0.4, 0.5) is 0 Å². The van der Waals surface area contributed by atoms with Crippen molar-refractivity contribution < 1.29 is 9.31 Å². The molecule has 0 spiro atoms. The Morgan fingerprint density at radius 3 is 2.50 bits per heavy atom. The molecule has 1 aromatic heterocycles. The first-order chi connectivity index (χ1) is 8.39. The molecule has 4 heteroatoms. The van der Waals surface area contributed by atoms with Crippen molar-refractivity contribution in [3.05, 3.63) is 29.6 Å². The van der Waals surface area contributed by atoms with E-state index in [4.69, 9.17) is 9.31 Å². The number of aromatic nitrogens is 1. The summed E-state index contributed by atoms with van der Waals surface area (Å²) in [7, 11) is -0.312. The van der Waals surface area contributed by atoms with E-state index in [2.05, 4.69) is 50.9 Å². The number of fused-ring (bicyclic) bond motifs is 1. The van der Waals surface area contributed by atoms with Crippen molar-refractivity contribution in [2.75, 3.05) is 0 Å². The van der Waals surface area contributed by atoms with Gasteiger partial charge in [-0.2, -0.15) is 0 Å². The Bertz CT molecular complexity index is 507. The first-order valence-electron chi connectivity index (χ1n) is 6.40. The molecule has 0 N–H and O–H groups in total. The Morgan fingerprint density at radius 2 is 1.83 bits per heavy atom. The maximum Gasteiger partial charge on any atom is 0.496 e. The summed E-state index contributed by atoms with van der Waals surface area (Å²) in [5.41, 5.74) is 2.73. The van der Waals surface area contributed by atoms with Gasteiger partial charge < -0.3 is 9.31 Å². The van der Waals surface area contributed by atoms with Gasteiger partial charge >= 0.3 is 7.12 Å². The molecule has 1 fully saturated rings. The molecule has 0 amide bonds. The molecule has 2 heterocycles. The summed E-state index contributed by atoms with van der Waals surface area (Å²) in [5.74, 6) is 0. The fraction of sp³-hybridized carbons (Fsp3) is 0.500. The summed E-state index contributed by atoms with van der Waals surface area (Å²) >= 11 is 0. The molecule has 3 nitrogen and oxygen atoms in total. The van der Waals surface area contributed by atoms with E-state index in [1.807, 2.05) is 6.20 Å². The van der Waals surface area contributed by atoms with E-state index in [9.17, 15) is 0 Å². The van der Waals surface area contributed by atoms with E-state index < -0.39 is 0 Å². The molecule has 0 atom stereocenters. The molecule has 1 saturated heterocycles. The summed E-state index contributed by atoms with van der Waals surface area (Å²) in [6.07, 6.45) is 7.00. The monoisotopic (exact) mass is 243 g/mol. The third kappa shape index (κ3) is 1.71. The van der Waals surface area contributed by atoms with Crippen molar-refractivity contribution in [3.63, 3.8) is 0 Å². The molecule has 18 heavy (non-hydrogen) atoms. The van der Waals surface area contributed by atoms with Crippen LogP contribution >= 0.6 is 0 Å². The average Bonchev–Trinajstić information content (AvgIpc) is 2.80. The van der Waals surface area contributed by atoms with Crippen molar-refractivity contribution >= 4 is 18.7 Å². The first-order valence-corrected chi connectivity index (χ1v) is 6.40. The fourth-order valence-corrected chi connectivity index (χ4v) is 2.26. The van der Waals surface area contributed by atoms with Crippen LogP contribution in [0, 0.1) is 0 Å². The molecule has 0 radical (unpaired) electrons. The molecular formula is C14H18BNO2. The minimum Gasteiger partial charge on any atom is -0.399 e. The zero-order valence-corrected chi connectivity index (χ0v) is 11.4. The Labute approximate surface area is 108 Å². The van der Waals surface area contributed by atoms with Crippen LogP contribution in [0.5, 0.6) is 0 Å². The van der Waals surface area contributed by atoms with E-state index in [1.165, 1.54) is 5.56 Å². The summed E-state index contributed by atoms with van der Waals surface area (Å²) in [4.78, 5) is 4.45. The quantitative estimate of drug-likeness (QED) is 0.706. The van der Waals surface area contributed by atoms with Crippen LogP contribution in [-0.4, -0.2) is 23.3 Å². The Morgan fingerprint density at radius 1 is 1.17 bits per heavy atom. The second kappa shape index (κ2) is 3.68. The van der Waals surface area contributed by atoms with Gasteiger partial charge in [-0.25, -0.2) is 0 Å². The predicted molar refractivity (Wildman–Crippen MR) is 72.7 cm³/mol. The van der Waals surface area contributed by atoms with Crippen LogP contribution in [0.15, 0.2) is 18.3 Å². The van der Waals surface area contributed by atoms with Gasteiger partial charge in [0.1, 0.15) is 0 Å². The summed E-state index contributed by atoms with van der Waals surface area (Å²) in [6.45, 7) is 8.26. The lowest BCUT2D eigenvalue weighted by atomic mass is 9.79. The van der Waals surface area contributed by atoms with Crippen LogP contribution in [0.25, 0.3) is 6.08 Å². The van der Waals surface area contributed by atoms with Gasteiger partial charge in [0.15, 0.2) is 0 Å². The van der Waals surface area contributed by atoms with Crippen LogP contribution in [0.1, 0.15) is 39.0 Å². The molecule has 3 rings (SSSR count). The molecule has 94 valence electrons. The van der Waals surface area contributed by atoms with E-state index >= 15 is 0 Å². The number of hydrogen-bond donors (Lipinski definition) is 0. The van der Waals surface area contributed by atoms with E-state index in [-0.39, 0.29) is 18.3 Å². The Hall–Kier alpha value is -1.13. The highest BCUT2D eigenvalue weighted by Gasteiger charge is 2.51. The smallest absolute Gasteiger partial charge is 0.399 e. The summed E-state index contributed by atoms with van der Waals surface area (Å²) in [6, 6.07) is 2.14. The van der Waals surface area contributed by atoms with Gasteiger partial charge in [0.25, 0.3) is 0 Å². The lowest BCUT2D eigenvalue weighted by Crippen LogP contribution is -2.41. The highest BCUT2D eigenvalue weighted by molar-refractivity contribution is 6.62. The van der Waals surface area contributed by atoms with Crippen molar-refractivity contribution in [2.24, 2.45) is 0 Å². The predicted octanol–water partition coefficient (Wildman–Crippen LogP) is 1.95. The zero-order chi connectivity index (χ0) is 13.0. The zero-order valence-electron chi connectivity index (χ0n) is 11.4. The lowest BCUT2D eigenvalue weighted by molar-refractivity contribution is 0.00578. The second-order valence-corrected chi connectivity index (χ2v) is 6.01. The number of nitrogens with zero attached hydrogens (tertiary/aromatic N) is 1. The molecule has 0 bridgehead atoms. The van der Waals surface area contributed by atoms with Gasteiger partial charge in [-0.05, 0) is 45.8 Å². The first kappa shape index (κ1) is 11.9. The van der Waals surface area contributed by atoms with Crippen LogP contribution in [0.2, 0.25) is 0 Å². The average molecular weight is 243 g/mol.